The molecule has 0 saturated carbocycles. The molecule has 2 aromatic rings. The summed E-state index contributed by atoms with van der Waals surface area (Å²) in [7, 11) is -6.94. The summed E-state index contributed by atoms with van der Waals surface area (Å²) in [6, 6.07) is 6.95. The van der Waals surface area contributed by atoms with Crippen molar-refractivity contribution >= 4 is 25.7 Å². The van der Waals surface area contributed by atoms with Crippen LogP contribution in [0.5, 0.6) is 0 Å². The van der Waals surface area contributed by atoms with Crippen LogP contribution in [-0.4, -0.2) is 34.8 Å². The largest absolute Gasteiger partial charge is 0.360 e. The highest BCUT2D eigenvalue weighted by molar-refractivity contribution is 7.92. The topological polar surface area (TPSA) is 118 Å². The lowest BCUT2D eigenvalue weighted by Gasteiger charge is -2.07. The first kappa shape index (κ1) is 19.4. The first-order valence-corrected chi connectivity index (χ1v) is 11.0. The Morgan fingerprint density at radius 2 is 1.72 bits per heavy atom. The van der Waals surface area contributed by atoms with Crippen LogP contribution in [0.2, 0.25) is 0 Å². The fraction of sp³-hybridized carbons (Fsp3) is 0.400. The Morgan fingerprint density at radius 3 is 2.24 bits per heavy atom. The summed E-state index contributed by atoms with van der Waals surface area (Å²) in [5, 5.41) is 3.65. The van der Waals surface area contributed by atoms with Gasteiger partial charge < -0.3 is 4.52 Å². The molecule has 0 spiro atoms. The second-order valence-corrected chi connectivity index (χ2v) is 9.18. The molecule has 0 bridgehead atoms. The van der Waals surface area contributed by atoms with Crippen LogP contribution in [0.4, 0.5) is 5.69 Å². The van der Waals surface area contributed by atoms with Gasteiger partial charge in [0, 0.05) is 12.2 Å². The van der Waals surface area contributed by atoms with Gasteiger partial charge in [0.2, 0.25) is 20.0 Å². The van der Waals surface area contributed by atoms with E-state index in [0.29, 0.717) is 24.2 Å². The standard InChI is InChI=1S/C15H21N3O5S2/c1-11-15(12(2)23-17-11)25(21,22)16-10-4-5-13-6-8-14(9-7-13)18-24(3,19)20/h6-9,16,18H,4-5,10H2,1-3H3. The van der Waals surface area contributed by atoms with E-state index in [4.69, 9.17) is 4.52 Å². The van der Waals surface area contributed by atoms with Crippen molar-refractivity contribution in [2.45, 2.75) is 31.6 Å². The number of sulfonamides is 2. The summed E-state index contributed by atoms with van der Waals surface area (Å²) in [4.78, 5) is 0.0868. The lowest BCUT2D eigenvalue weighted by atomic mass is 10.1. The molecule has 1 heterocycles. The lowest BCUT2D eigenvalue weighted by molar-refractivity contribution is 0.390. The molecule has 0 aliphatic rings. The summed E-state index contributed by atoms with van der Waals surface area (Å²) >= 11 is 0. The number of nitrogens with zero attached hydrogens (tertiary/aromatic N) is 1. The zero-order valence-corrected chi connectivity index (χ0v) is 15.9. The smallest absolute Gasteiger partial charge is 0.245 e. The van der Waals surface area contributed by atoms with Crippen molar-refractivity contribution in [1.82, 2.24) is 9.88 Å². The second-order valence-electron chi connectivity index (χ2n) is 5.73. The van der Waals surface area contributed by atoms with E-state index >= 15 is 0 Å². The maximum Gasteiger partial charge on any atom is 0.245 e. The van der Waals surface area contributed by atoms with E-state index in [9.17, 15) is 16.8 Å². The number of aromatic nitrogens is 1. The number of rotatable bonds is 8. The van der Waals surface area contributed by atoms with Crippen LogP contribution in [0, 0.1) is 13.8 Å². The fourth-order valence-corrected chi connectivity index (χ4v) is 4.35. The molecule has 138 valence electrons. The van der Waals surface area contributed by atoms with E-state index in [1.807, 2.05) is 0 Å². The third kappa shape index (κ3) is 5.55. The zero-order chi connectivity index (χ0) is 18.7. The van der Waals surface area contributed by atoms with Crippen LogP contribution < -0.4 is 9.44 Å². The normalized spacial score (nSPS) is 12.3. The average molecular weight is 387 g/mol. The molecule has 0 fully saturated rings. The summed E-state index contributed by atoms with van der Waals surface area (Å²) < 4.78 is 56.6. The van der Waals surface area contributed by atoms with Crippen LogP contribution in [0.1, 0.15) is 23.4 Å². The Morgan fingerprint density at radius 1 is 1.08 bits per heavy atom. The Labute approximate surface area is 147 Å². The number of nitrogens with one attached hydrogen (secondary N) is 2. The van der Waals surface area contributed by atoms with Crippen molar-refractivity contribution in [3.63, 3.8) is 0 Å². The van der Waals surface area contributed by atoms with Gasteiger partial charge in [-0.05, 0) is 44.4 Å². The third-order valence-electron chi connectivity index (χ3n) is 3.43. The molecule has 2 rings (SSSR count). The van der Waals surface area contributed by atoms with E-state index in [2.05, 4.69) is 14.6 Å². The van der Waals surface area contributed by atoms with Gasteiger partial charge in [0.1, 0.15) is 10.6 Å². The average Bonchev–Trinajstić information content (AvgIpc) is 2.83. The van der Waals surface area contributed by atoms with Gasteiger partial charge >= 0.3 is 0 Å². The minimum Gasteiger partial charge on any atom is -0.360 e. The van der Waals surface area contributed by atoms with Crippen molar-refractivity contribution in [3.05, 3.63) is 41.3 Å². The minimum atomic E-state index is -3.64. The molecular formula is C15H21N3O5S2. The number of hydrogen-bond donors (Lipinski definition) is 2. The minimum absolute atomic E-state index is 0.0868. The Balaban J connectivity index is 1.87. The van der Waals surface area contributed by atoms with Crippen LogP contribution in [0.3, 0.4) is 0 Å². The maximum atomic E-state index is 12.2. The van der Waals surface area contributed by atoms with Crippen molar-refractivity contribution in [1.29, 1.82) is 0 Å². The van der Waals surface area contributed by atoms with E-state index in [1.165, 1.54) is 0 Å². The first-order chi connectivity index (χ1) is 11.6. The molecular weight excluding hydrogens is 366 g/mol. The van der Waals surface area contributed by atoms with Crippen molar-refractivity contribution in [2.24, 2.45) is 0 Å². The van der Waals surface area contributed by atoms with Crippen molar-refractivity contribution in [3.8, 4) is 0 Å². The molecule has 0 aliphatic carbocycles. The quantitative estimate of drug-likeness (QED) is 0.664. The van der Waals surface area contributed by atoms with E-state index in [0.717, 1.165) is 11.8 Å². The predicted molar refractivity (Wildman–Crippen MR) is 94.4 cm³/mol. The van der Waals surface area contributed by atoms with Crippen LogP contribution in [0.25, 0.3) is 0 Å². The van der Waals surface area contributed by atoms with E-state index < -0.39 is 20.0 Å². The van der Waals surface area contributed by atoms with Gasteiger partial charge in [-0.1, -0.05) is 17.3 Å². The third-order valence-corrected chi connectivity index (χ3v) is 5.74. The molecule has 8 nitrogen and oxygen atoms in total. The molecule has 0 radical (unpaired) electrons. The zero-order valence-electron chi connectivity index (χ0n) is 14.2. The Bertz CT molecular complexity index is 913. The Hall–Kier alpha value is -1.91. The number of anilines is 1. The number of aryl methyl sites for hydroxylation is 3. The van der Waals surface area contributed by atoms with Gasteiger partial charge in [0.05, 0.1) is 6.26 Å². The van der Waals surface area contributed by atoms with E-state index in [1.54, 1.807) is 38.1 Å². The molecule has 0 saturated heterocycles. The molecule has 0 aliphatic heterocycles. The summed E-state index contributed by atoms with van der Waals surface area (Å²) in [5.41, 5.74) is 1.81. The Kier molecular flexibility index (Phi) is 5.86. The second kappa shape index (κ2) is 7.54. The summed E-state index contributed by atoms with van der Waals surface area (Å²) in [6.07, 6.45) is 2.34. The van der Waals surface area contributed by atoms with Crippen molar-refractivity contribution in [2.75, 3.05) is 17.5 Å². The predicted octanol–water partition coefficient (Wildman–Crippen LogP) is 1.57. The van der Waals surface area contributed by atoms with Crippen LogP contribution in [0.15, 0.2) is 33.7 Å². The molecule has 2 N–H and O–H groups in total. The van der Waals surface area contributed by atoms with Gasteiger partial charge in [0.25, 0.3) is 0 Å². The fourth-order valence-electron chi connectivity index (χ4n) is 2.38. The van der Waals surface area contributed by atoms with Gasteiger partial charge in [-0.2, -0.15) is 0 Å². The molecule has 0 atom stereocenters. The number of hydrogen-bond acceptors (Lipinski definition) is 6. The van der Waals surface area contributed by atoms with Gasteiger partial charge in [-0.15, -0.1) is 0 Å². The van der Waals surface area contributed by atoms with Gasteiger partial charge in [0.15, 0.2) is 5.76 Å². The molecule has 1 aromatic heterocycles. The highest BCUT2D eigenvalue weighted by atomic mass is 32.2. The lowest BCUT2D eigenvalue weighted by Crippen LogP contribution is -2.26. The van der Waals surface area contributed by atoms with E-state index in [-0.39, 0.29) is 17.2 Å². The van der Waals surface area contributed by atoms with Gasteiger partial charge in [-0.3, -0.25) is 4.72 Å². The number of benzene rings is 1. The molecule has 1 aromatic carbocycles. The summed E-state index contributed by atoms with van der Waals surface area (Å²) in [5.74, 6) is 0.263. The molecule has 0 unspecified atom stereocenters. The van der Waals surface area contributed by atoms with Gasteiger partial charge in [-0.25, -0.2) is 21.6 Å². The van der Waals surface area contributed by atoms with Crippen molar-refractivity contribution < 1.29 is 21.4 Å². The SMILES string of the molecule is Cc1noc(C)c1S(=O)(=O)NCCCc1ccc(NS(C)(=O)=O)cc1. The van der Waals surface area contributed by atoms with Crippen LogP contribution in [-0.2, 0) is 26.5 Å². The monoisotopic (exact) mass is 387 g/mol. The molecule has 10 heteroatoms. The summed E-state index contributed by atoms with van der Waals surface area (Å²) in [6.45, 7) is 3.41. The first-order valence-electron chi connectivity index (χ1n) is 7.58. The molecule has 0 amide bonds. The highest BCUT2D eigenvalue weighted by Gasteiger charge is 2.23. The highest BCUT2D eigenvalue weighted by Crippen LogP contribution is 2.18. The maximum absolute atomic E-state index is 12.2. The molecule has 25 heavy (non-hydrogen) atoms. The van der Waals surface area contributed by atoms with Crippen LogP contribution >= 0.6 is 0 Å².